The third kappa shape index (κ3) is 5.90. The van der Waals surface area contributed by atoms with Gasteiger partial charge in [-0.1, -0.05) is 26.8 Å². The highest BCUT2D eigenvalue weighted by Gasteiger charge is 2.50. The van der Waals surface area contributed by atoms with Crippen molar-refractivity contribution >= 4 is 29.5 Å². The highest BCUT2D eigenvalue weighted by Crippen LogP contribution is 2.37. The smallest absolute Gasteiger partial charge is 0.407 e. The third-order valence-corrected chi connectivity index (χ3v) is 6.52. The van der Waals surface area contributed by atoms with Crippen LogP contribution in [-0.2, 0) is 9.59 Å². The number of pyridine rings is 1. The Morgan fingerprint density at radius 3 is 2.54 bits per heavy atom. The lowest BCUT2D eigenvalue weighted by Crippen LogP contribution is -2.68. The standard InChI is InChI=1S/C23H30ClFN6O4/c1-14(15-5-6-18(26-11-15)31-13-16(25)12-27-31)28-20(33)23(29-19(32)10-24)7-8-30(21(34)35)17(9-23)22(2,3)4/h5-6,11-14,17H,7-10H2,1-4H3,(H,28,33)(H,29,32)(H,34,35). The summed E-state index contributed by atoms with van der Waals surface area (Å²) in [7, 11) is 0. The number of carbonyl (C=O) groups is 3. The average molecular weight is 509 g/mol. The number of amides is 3. The minimum Gasteiger partial charge on any atom is -0.465 e. The molecule has 1 aliphatic rings. The zero-order chi connectivity index (χ0) is 26.0. The van der Waals surface area contributed by atoms with E-state index in [1.54, 1.807) is 25.3 Å². The van der Waals surface area contributed by atoms with Crippen molar-refractivity contribution in [2.45, 2.75) is 58.2 Å². The predicted molar refractivity (Wildman–Crippen MR) is 127 cm³/mol. The first-order chi connectivity index (χ1) is 16.4. The number of likely N-dealkylation sites (tertiary alicyclic amines) is 1. The van der Waals surface area contributed by atoms with E-state index in [1.165, 1.54) is 15.8 Å². The molecule has 0 spiro atoms. The van der Waals surface area contributed by atoms with Crippen molar-refractivity contribution in [1.29, 1.82) is 0 Å². The van der Waals surface area contributed by atoms with E-state index in [2.05, 4.69) is 20.7 Å². The second-order valence-electron chi connectivity index (χ2n) is 9.82. The molecule has 0 aliphatic carbocycles. The molecule has 3 atom stereocenters. The van der Waals surface area contributed by atoms with Crippen molar-refractivity contribution in [3.63, 3.8) is 0 Å². The molecule has 190 valence electrons. The summed E-state index contributed by atoms with van der Waals surface area (Å²) in [6, 6.07) is 2.40. The molecular weight excluding hydrogens is 479 g/mol. The molecule has 2 aromatic rings. The Bertz CT molecular complexity index is 1090. The SMILES string of the molecule is CC(NC(=O)C1(NC(=O)CCl)CCN(C(=O)O)C(C(C)(C)C)C1)c1ccc(-n2cc(F)cn2)nc1. The van der Waals surface area contributed by atoms with E-state index in [0.29, 0.717) is 11.4 Å². The quantitative estimate of drug-likeness (QED) is 0.514. The van der Waals surface area contributed by atoms with Crippen molar-refractivity contribution in [3.8, 4) is 5.82 Å². The molecule has 2 aromatic heterocycles. The fourth-order valence-electron chi connectivity index (χ4n) is 4.32. The Morgan fingerprint density at radius 1 is 1.31 bits per heavy atom. The molecule has 3 unspecified atom stereocenters. The van der Waals surface area contributed by atoms with E-state index in [1.807, 2.05) is 20.8 Å². The number of rotatable bonds is 6. The minimum atomic E-state index is -1.33. The van der Waals surface area contributed by atoms with Gasteiger partial charge in [-0.3, -0.25) is 9.59 Å². The summed E-state index contributed by atoms with van der Waals surface area (Å²) in [6.45, 7) is 7.54. The fourth-order valence-corrected chi connectivity index (χ4v) is 4.39. The van der Waals surface area contributed by atoms with Gasteiger partial charge in [0, 0.05) is 25.2 Å². The Labute approximate surface area is 207 Å². The molecule has 0 aromatic carbocycles. The second kappa shape index (κ2) is 10.2. The van der Waals surface area contributed by atoms with Gasteiger partial charge in [0.05, 0.1) is 18.4 Å². The molecule has 10 nitrogen and oxygen atoms in total. The van der Waals surface area contributed by atoms with Crippen molar-refractivity contribution in [2.75, 3.05) is 12.4 Å². The number of carboxylic acid groups (broad SMARTS) is 1. The Kier molecular flexibility index (Phi) is 7.68. The lowest BCUT2D eigenvalue weighted by Gasteiger charge is -2.49. The maximum absolute atomic E-state index is 13.6. The van der Waals surface area contributed by atoms with Crippen LogP contribution >= 0.6 is 11.6 Å². The van der Waals surface area contributed by atoms with Gasteiger partial charge in [0.25, 0.3) is 0 Å². The van der Waals surface area contributed by atoms with Gasteiger partial charge in [-0.2, -0.15) is 5.10 Å². The third-order valence-electron chi connectivity index (χ3n) is 6.28. The molecule has 1 fully saturated rings. The average Bonchev–Trinajstić information content (AvgIpc) is 3.24. The summed E-state index contributed by atoms with van der Waals surface area (Å²) >= 11 is 5.72. The van der Waals surface area contributed by atoms with Crippen LogP contribution in [0.5, 0.6) is 0 Å². The van der Waals surface area contributed by atoms with Gasteiger partial charge >= 0.3 is 6.09 Å². The van der Waals surface area contributed by atoms with Crippen molar-refractivity contribution < 1.29 is 23.9 Å². The number of carbonyl (C=O) groups excluding carboxylic acids is 2. The van der Waals surface area contributed by atoms with Crippen LogP contribution in [0, 0.1) is 11.2 Å². The van der Waals surface area contributed by atoms with Crippen LogP contribution in [0.2, 0.25) is 0 Å². The maximum atomic E-state index is 13.6. The van der Waals surface area contributed by atoms with E-state index < -0.39 is 46.8 Å². The zero-order valence-electron chi connectivity index (χ0n) is 20.1. The minimum absolute atomic E-state index is 0.0817. The lowest BCUT2D eigenvalue weighted by atomic mass is 9.73. The Hall–Kier alpha value is -3.21. The molecule has 1 aliphatic heterocycles. The van der Waals surface area contributed by atoms with Gasteiger partial charge in [-0.05, 0) is 30.4 Å². The molecule has 35 heavy (non-hydrogen) atoms. The fraction of sp³-hybridized carbons (Fsp3) is 0.522. The number of halogens is 2. The highest BCUT2D eigenvalue weighted by molar-refractivity contribution is 6.27. The normalized spacial score (nSPS) is 21.3. The van der Waals surface area contributed by atoms with Crippen LogP contribution in [0.25, 0.3) is 5.82 Å². The summed E-state index contributed by atoms with van der Waals surface area (Å²) in [4.78, 5) is 43.3. The van der Waals surface area contributed by atoms with Gasteiger partial charge in [-0.15, -0.1) is 11.6 Å². The number of hydrogen-bond acceptors (Lipinski definition) is 5. The number of aromatic nitrogens is 3. The van der Waals surface area contributed by atoms with Crippen LogP contribution in [0.3, 0.4) is 0 Å². The largest absolute Gasteiger partial charge is 0.465 e. The molecule has 0 saturated carbocycles. The van der Waals surface area contributed by atoms with Gasteiger partial charge in [0.2, 0.25) is 11.8 Å². The van der Waals surface area contributed by atoms with Crippen molar-refractivity contribution in [3.05, 3.63) is 42.1 Å². The maximum Gasteiger partial charge on any atom is 0.407 e. The summed E-state index contributed by atoms with van der Waals surface area (Å²) in [5.41, 5.74) is -1.12. The van der Waals surface area contributed by atoms with E-state index in [9.17, 15) is 23.9 Å². The first-order valence-electron chi connectivity index (χ1n) is 11.2. The molecule has 0 radical (unpaired) electrons. The molecular formula is C23H30ClFN6O4. The van der Waals surface area contributed by atoms with E-state index in [-0.39, 0.29) is 25.3 Å². The van der Waals surface area contributed by atoms with Gasteiger partial charge < -0.3 is 20.6 Å². The van der Waals surface area contributed by atoms with Crippen molar-refractivity contribution in [2.24, 2.45) is 5.41 Å². The topological polar surface area (TPSA) is 129 Å². The lowest BCUT2D eigenvalue weighted by molar-refractivity contribution is -0.137. The number of piperidine rings is 1. The van der Waals surface area contributed by atoms with Crippen LogP contribution < -0.4 is 10.6 Å². The summed E-state index contributed by atoms with van der Waals surface area (Å²) in [5, 5.41) is 19.3. The first-order valence-corrected chi connectivity index (χ1v) is 11.7. The van der Waals surface area contributed by atoms with Crippen LogP contribution in [0.1, 0.15) is 52.1 Å². The zero-order valence-corrected chi connectivity index (χ0v) is 20.8. The Morgan fingerprint density at radius 2 is 2.03 bits per heavy atom. The predicted octanol–water partition coefficient (Wildman–Crippen LogP) is 2.87. The molecule has 0 bridgehead atoms. The number of hydrogen-bond donors (Lipinski definition) is 3. The molecule has 3 N–H and O–H groups in total. The van der Waals surface area contributed by atoms with Crippen LogP contribution in [0.4, 0.5) is 9.18 Å². The molecule has 1 saturated heterocycles. The molecule has 3 rings (SSSR count). The molecule has 3 amide bonds. The highest BCUT2D eigenvalue weighted by atomic mass is 35.5. The molecule has 12 heteroatoms. The van der Waals surface area contributed by atoms with Gasteiger partial charge in [-0.25, -0.2) is 18.9 Å². The van der Waals surface area contributed by atoms with Crippen LogP contribution in [-0.4, -0.2) is 66.7 Å². The van der Waals surface area contributed by atoms with E-state index >= 15 is 0 Å². The van der Waals surface area contributed by atoms with E-state index in [4.69, 9.17) is 11.6 Å². The summed E-state index contributed by atoms with van der Waals surface area (Å²) in [5.74, 6) is -1.34. The van der Waals surface area contributed by atoms with Crippen molar-refractivity contribution in [1.82, 2.24) is 30.3 Å². The summed E-state index contributed by atoms with van der Waals surface area (Å²) < 4.78 is 14.5. The second-order valence-corrected chi connectivity index (χ2v) is 10.1. The van der Waals surface area contributed by atoms with Gasteiger partial charge in [0.15, 0.2) is 11.6 Å². The number of nitrogens with zero attached hydrogens (tertiary/aromatic N) is 4. The van der Waals surface area contributed by atoms with Crippen LogP contribution in [0.15, 0.2) is 30.7 Å². The van der Waals surface area contributed by atoms with Gasteiger partial charge in [0.1, 0.15) is 11.4 Å². The van der Waals surface area contributed by atoms with E-state index in [0.717, 1.165) is 6.20 Å². The Balaban J connectivity index is 1.83. The number of alkyl halides is 1. The number of nitrogens with one attached hydrogen (secondary N) is 2. The summed E-state index contributed by atoms with van der Waals surface area (Å²) in [6.07, 6.45) is 2.97. The molecule has 3 heterocycles. The first kappa shape index (κ1) is 26.4. The monoisotopic (exact) mass is 508 g/mol.